The standard InChI is InChI=1S/C25H28IN6O3P/c26-36-35-32-22(33)10-6-1-2-7-15-34-20-13-11-19(12-14-20)29-25-30-21(16-18-8-4-3-5-9-18)23-24(31-25)28-17-27-23/h3-5,8-9,11-14,17,36H,1-2,6-7,10,15-16H2,(H,32,33)(H2,27,28,29,30,31). The van der Waals surface area contributed by atoms with Gasteiger partial charge in [-0.3, -0.25) is 4.79 Å². The number of aromatic nitrogens is 4. The second kappa shape index (κ2) is 14.1. The first-order valence-corrected chi connectivity index (χ1v) is 15.8. The van der Waals surface area contributed by atoms with E-state index in [2.05, 4.69) is 59.9 Å². The maximum atomic E-state index is 11.5. The molecule has 0 saturated carbocycles. The van der Waals surface area contributed by atoms with E-state index in [0.717, 1.165) is 48.3 Å². The van der Waals surface area contributed by atoms with Crippen molar-refractivity contribution < 1.29 is 14.2 Å². The van der Waals surface area contributed by atoms with Crippen LogP contribution in [0.1, 0.15) is 43.4 Å². The van der Waals surface area contributed by atoms with Gasteiger partial charge in [0.1, 0.15) is 17.7 Å². The highest BCUT2D eigenvalue weighted by molar-refractivity contribution is 14.2. The summed E-state index contributed by atoms with van der Waals surface area (Å²) < 4.78 is 10.8. The molecule has 3 N–H and O–H groups in total. The fourth-order valence-electron chi connectivity index (χ4n) is 3.69. The number of amides is 1. The van der Waals surface area contributed by atoms with Gasteiger partial charge in [-0.2, -0.15) is 4.98 Å². The SMILES string of the molecule is O=C(CCCCCCOc1ccc(Nc2nc(Cc3ccccc3)c3nc[nH]c3n2)cc1)NOPI. The van der Waals surface area contributed by atoms with Crippen molar-refractivity contribution in [1.29, 1.82) is 0 Å². The number of anilines is 2. The van der Waals surface area contributed by atoms with Crippen molar-refractivity contribution in [1.82, 2.24) is 25.4 Å². The van der Waals surface area contributed by atoms with E-state index >= 15 is 0 Å². The molecule has 1 amide bonds. The molecule has 0 radical (unpaired) electrons. The van der Waals surface area contributed by atoms with Gasteiger partial charge in [0, 0.05) is 18.5 Å². The van der Waals surface area contributed by atoms with Gasteiger partial charge < -0.3 is 15.0 Å². The number of ether oxygens (including phenoxy) is 1. The van der Waals surface area contributed by atoms with Crippen molar-refractivity contribution >= 4 is 57.2 Å². The zero-order valence-electron chi connectivity index (χ0n) is 19.7. The molecule has 1 atom stereocenters. The van der Waals surface area contributed by atoms with Crippen molar-refractivity contribution in [2.24, 2.45) is 0 Å². The number of carbonyl (C=O) groups is 1. The molecule has 2 aromatic heterocycles. The minimum atomic E-state index is -0.0635. The molecule has 0 aliphatic carbocycles. The lowest BCUT2D eigenvalue weighted by Crippen LogP contribution is -2.19. The Balaban J connectivity index is 1.24. The topological polar surface area (TPSA) is 114 Å². The van der Waals surface area contributed by atoms with E-state index in [9.17, 15) is 4.79 Å². The smallest absolute Gasteiger partial charge is 0.243 e. The van der Waals surface area contributed by atoms with Crippen LogP contribution < -0.4 is 15.5 Å². The molecule has 11 heteroatoms. The van der Waals surface area contributed by atoms with E-state index in [0.29, 0.717) is 31.0 Å². The Kier molecular flexibility index (Phi) is 10.2. The minimum Gasteiger partial charge on any atom is -0.494 e. The molecule has 0 saturated heterocycles. The van der Waals surface area contributed by atoms with Crippen molar-refractivity contribution in [3.63, 3.8) is 0 Å². The number of fused-ring (bicyclic) bond motifs is 1. The van der Waals surface area contributed by atoms with Crippen LogP contribution in [0.15, 0.2) is 60.9 Å². The van der Waals surface area contributed by atoms with Gasteiger partial charge in [0.25, 0.3) is 0 Å². The fraction of sp³-hybridized carbons (Fsp3) is 0.280. The Hall–Kier alpha value is -2.82. The monoisotopic (exact) mass is 618 g/mol. The molecule has 0 bridgehead atoms. The van der Waals surface area contributed by atoms with Crippen LogP contribution in [0.25, 0.3) is 11.2 Å². The molecule has 0 spiro atoms. The van der Waals surface area contributed by atoms with Gasteiger partial charge >= 0.3 is 0 Å². The van der Waals surface area contributed by atoms with Crippen molar-refractivity contribution in [2.45, 2.75) is 38.5 Å². The number of rotatable bonds is 14. The molecule has 9 nitrogen and oxygen atoms in total. The molecule has 0 fully saturated rings. The molecular weight excluding hydrogens is 590 g/mol. The van der Waals surface area contributed by atoms with Crippen LogP contribution >= 0.6 is 28.5 Å². The summed E-state index contributed by atoms with van der Waals surface area (Å²) in [6.45, 7) is 0.872. The summed E-state index contributed by atoms with van der Waals surface area (Å²) in [4.78, 5) is 28.3. The Morgan fingerprint density at radius 1 is 1.00 bits per heavy atom. The average molecular weight is 618 g/mol. The molecule has 188 valence electrons. The van der Waals surface area contributed by atoms with Gasteiger partial charge in [-0.15, -0.1) is 0 Å². The lowest BCUT2D eigenvalue weighted by Gasteiger charge is -2.10. The average Bonchev–Trinajstić information content (AvgIpc) is 3.37. The summed E-state index contributed by atoms with van der Waals surface area (Å²) in [5, 5.41) is 3.28. The highest BCUT2D eigenvalue weighted by atomic mass is 127. The highest BCUT2D eigenvalue weighted by Gasteiger charge is 2.11. The molecule has 0 aliphatic heterocycles. The van der Waals surface area contributed by atoms with Crippen LogP contribution in [0.2, 0.25) is 0 Å². The van der Waals surface area contributed by atoms with Gasteiger partial charge in [-0.05, 0) is 64.7 Å². The molecule has 36 heavy (non-hydrogen) atoms. The number of H-pyrrole nitrogens is 1. The quantitative estimate of drug-likeness (QED) is 0.0687. The maximum absolute atomic E-state index is 11.5. The third-order valence-corrected chi connectivity index (χ3v) is 6.29. The number of nitrogens with one attached hydrogen (secondary N) is 3. The zero-order chi connectivity index (χ0) is 25.0. The molecular formula is C25H28IN6O3P. The largest absolute Gasteiger partial charge is 0.494 e. The minimum absolute atomic E-state index is 0.0635. The first-order valence-electron chi connectivity index (χ1n) is 11.8. The van der Waals surface area contributed by atoms with E-state index in [4.69, 9.17) is 14.3 Å². The number of benzene rings is 2. The second-order valence-electron chi connectivity index (χ2n) is 8.12. The summed E-state index contributed by atoms with van der Waals surface area (Å²) in [5.74, 6) is 1.26. The number of imidazole rings is 1. The van der Waals surface area contributed by atoms with Crippen LogP contribution in [0.5, 0.6) is 5.75 Å². The van der Waals surface area contributed by atoms with Gasteiger partial charge in [0.15, 0.2) is 5.65 Å². The Morgan fingerprint density at radius 3 is 2.61 bits per heavy atom. The summed E-state index contributed by atoms with van der Waals surface area (Å²) in [6.07, 6.45) is 6.59. The lowest BCUT2D eigenvalue weighted by atomic mass is 10.1. The van der Waals surface area contributed by atoms with E-state index < -0.39 is 0 Å². The van der Waals surface area contributed by atoms with Gasteiger partial charge in [-0.25, -0.2) is 20.1 Å². The highest BCUT2D eigenvalue weighted by Crippen LogP contribution is 2.22. The zero-order valence-corrected chi connectivity index (χ0v) is 22.8. The number of hydrogen-bond acceptors (Lipinski definition) is 7. The number of halogens is 1. The van der Waals surface area contributed by atoms with Crippen LogP contribution in [0.3, 0.4) is 0 Å². The summed E-state index contributed by atoms with van der Waals surface area (Å²) in [7, 11) is 0. The normalized spacial score (nSPS) is 11.2. The number of hydroxylamine groups is 1. The van der Waals surface area contributed by atoms with Gasteiger partial charge in [0.2, 0.25) is 11.9 Å². The lowest BCUT2D eigenvalue weighted by molar-refractivity contribution is -0.127. The maximum Gasteiger partial charge on any atom is 0.243 e. The third kappa shape index (κ3) is 8.11. The predicted molar refractivity (Wildman–Crippen MR) is 151 cm³/mol. The molecule has 4 aromatic rings. The Bertz CT molecular complexity index is 1240. The number of unbranched alkanes of at least 4 members (excludes halogenated alkanes) is 3. The number of carbonyl (C=O) groups excluding carboxylic acids is 1. The van der Waals surface area contributed by atoms with Crippen LogP contribution in [0.4, 0.5) is 11.6 Å². The van der Waals surface area contributed by atoms with Crippen LogP contribution in [-0.2, 0) is 15.8 Å². The molecule has 2 aromatic carbocycles. The van der Waals surface area contributed by atoms with Gasteiger partial charge in [-0.1, -0.05) is 43.2 Å². The van der Waals surface area contributed by atoms with Gasteiger partial charge in [0.05, 0.1) is 18.6 Å². The molecule has 4 rings (SSSR count). The van der Waals surface area contributed by atoms with E-state index in [-0.39, 0.29) is 12.4 Å². The van der Waals surface area contributed by atoms with Crippen LogP contribution in [0, 0.1) is 0 Å². The third-order valence-electron chi connectivity index (χ3n) is 5.45. The van der Waals surface area contributed by atoms with E-state index in [1.165, 1.54) is 5.56 Å². The second-order valence-corrected chi connectivity index (χ2v) is 9.80. The number of hydrogen-bond donors (Lipinski definition) is 3. The van der Waals surface area contributed by atoms with Crippen LogP contribution in [-0.4, -0.2) is 32.4 Å². The van der Waals surface area contributed by atoms with E-state index in [1.54, 1.807) is 6.33 Å². The molecule has 0 aliphatic rings. The van der Waals surface area contributed by atoms with Crippen molar-refractivity contribution in [3.8, 4) is 5.75 Å². The van der Waals surface area contributed by atoms with E-state index in [1.807, 2.05) is 42.5 Å². The van der Waals surface area contributed by atoms with Crippen molar-refractivity contribution in [2.75, 3.05) is 11.9 Å². The Labute approximate surface area is 224 Å². The van der Waals surface area contributed by atoms with Crippen molar-refractivity contribution in [3.05, 3.63) is 72.2 Å². The summed E-state index contributed by atoms with van der Waals surface area (Å²) >= 11 is 2.06. The molecule has 1 unspecified atom stereocenters. The first kappa shape index (κ1) is 26.2. The fourth-order valence-corrected chi connectivity index (χ4v) is 4.17. The summed E-state index contributed by atoms with van der Waals surface area (Å²) in [5.41, 5.74) is 6.80. The number of aromatic amines is 1. The Morgan fingerprint density at radius 2 is 1.81 bits per heavy atom. The molecule has 2 heterocycles. The predicted octanol–water partition coefficient (Wildman–Crippen LogP) is 6.01. The number of nitrogens with zero attached hydrogens (tertiary/aromatic N) is 3. The summed E-state index contributed by atoms with van der Waals surface area (Å²) in [6, 6.07) is 18.0. The first-order chi connectivity index (χ1) is 17.7.